The van der Waals surface area contributed by atoms with Crippen molar-refractivity contribution in [1.29, 1.82) is 5.26 Å². The van der Waals surface area contributed by atoms with Crippen molar-refractivity contribution in [2.24, 2.45) is 17.6 Å². The molecule has 0 radical (unpaired) electrons. The predicted octanol–water partition coefficient (Wildman–Crippen LogP) is 3.81. The summed E-state index contributed by atoms with van der Waals surface area (Å²) in [6.07, 6.45) is 8.18. The number of nitrogens with two attached hydrogens (primary N) is 1. The van der Waals surface area contributed by atoms with Crippen LogP contribution in [0.1, 0.15) is 31.2 Å². The molecule has 0 spiro atoms. The molecular weight excluding hydrogens is 352 g/mol. The van der Waals surface area contributed by atoms with Crippen molar-refractivity contribution in [2.75, 3.05) is 32.6 Å². The van der Waals surface area contributed by atoms with Crippen molar-refractivity contribution in [1.82, 2.24) is 4.98 Å². The predicted molar refractivity (Wildman–Crippen MR) is 110 cm³/mol. The van der Waals surface area contributed by atoms with Crippen LogP contribution in [0.15, 0.2) is 30.6 Å². The molecule has 1 saturated carbocycles. The summed E-state index contributed by atoms with van der Waals surface area (Å²) in [6, 6.07) is 7.99. The number of aromatic nitrogens is 1. The van der Waals surface area contributed by atoms with Gasteiger partial charge in [-0.3, -0.25) is 4.98 Å². The molecule has 6 nitrogen and oxygen atoms in total. The Bertz CT molecular complexity index is 847. The number of ether oxygens (including phenoxy) is 2. The summed E-state index contributed by atoms with van der Waals surface area (Å²) in [7, 11) is 3.23. The molecule has 3 rings (SSSR count). The van der Waals surface area contributed by atoms with Crippen LogP contribution in [0.4, 0.5) is 5.69 Å². The Kier molecular flexibility index (Phi) is 6.72. The normalized spacial score (nSPS) is 18.9. The van der Waals surface area contributed by atoms with Crippen molar-refractivity contribution < 1.29 is 9.47 Å². The fourth-order valence-corrected chi connectivity index (χ4v) is 4.01. The molecule has 2 atom stereocenters. The largest absolute Gasteiger partial charge is 0.493 e. The first-order valence-corrected chi connectivity index (χ1v) is 9.74. The van der Waals surface area contributed by atoms with Gasteiger partial charge in [0.05, 0.1) is 25.5 Å². The second-order valence-corrected chi connectivity index (χ2v) is 7.31. The molecule has 1 aliphatic carbocycles. The summed E-state index contributed by atoms with van der Waals surface area (Å²) in [5, 5.41) is 13.1. The van der Waals surface area contributed by atoms with E-state index in [9.17, 15) is 5.26 Å². The van der Waals surface area contributed by atoms with Crippen LogP contribution in [-0.2, 0) is 0 Å². The van der Waals surface area contributed by atoms with E-state index in [2.05, 4.69) is 16.4 Å². The Morgan fingerprint density at radius 1 is 1.18 bits per heavy atom. The highest BCUT2D eigenvalue weighted by Crippen LogP contribution is 2.37. The first-order valence-electron chi connectivity index (χ1n) is 9.74. The maximum atomic E-state index is 9.60. The van der Waals surface area contributed by atoms with Crippen LogP contribution >= 0.6 is 0 Å². The van der Waals surface area contributed by atoms with E-state index in [0.717, 1.165) is 36.3 Å². The molecule has 1 heterocycles. The van der Waals surface area contributed by atoms with Crippen LogP contribution < -0.4 is 20.5 Å². The number of nitrogens with zero attached hydrogens (tertiary/aromatic N) is 2. The van der Waals surface area contributed by atoms with Crippen molar-refractivity contribution in [3.8, 4) is 28.7 Å². The minimum Gasteiger partial charge on any atom is -0.493 e. The smallest absolute Gasteiger partial charge is 0.161 e. The number of anilines is 1. The van der Waals surface area contributed by atoms with Gasteiger partial charge in [-0.05, 0) is 55.3 Å². The second-order valence-electron chi connectivity index (χ2n) is 7.31. The molecule has 1 fully saturated rings. The van der Waals surface area contributed by atoms with Crippen LogP contribution in [0.25, 0.3) is 11.1 Å². The highest BCUT2D eigenvalue weighted by atomic mass is 16.5. The third-order valence-corrected chi connectivity index (χ3v) is 5.55. The zero-order valence-electron chi connectivity index (χ0n) is 16.6. The van der Waals surface area contributed by atoms with Crippen LogP contribution in [0.3, 0.4) is 0 Å². The highest BCUT2D eigenvalue weighted by molar-refractivity contribution is 5.82. The van der Waals surface area contributed by atoms with Gasteiger partial charge in [-0.1, -0.05) is 12.5 Å². The van der Waals surface area contributed by atoms with Gasteiger partial charge in [-0.15, -0.1) is 0 Å². The molecular formula is C22H28N4O2. The van der Waals surface area contributed by atoms with Crippen molar-refractivity contribution >= 4 is 5.69 Å². The van der Waals surface area contributed by atoms with Crippen molar-refractivity contribution in [3.05, 3.63) is 36.2 Å². The molecule has 148 valence electrons. The van der Waals surface area contributed by atoms with E-state index in [1.165, 1.54) is 19.3 Å². The van der Waals surface area contributed by atoms with Gasteiger partial charge in [0.1, 0.15) is 6.07 Å². The topological polar surface area (TPSA) is 93.2 Å². The molecule has 0 aliphatic heterocycles. The summed E-state index contributed by atoms with van der Waals surface area (Å²) in [5.74, 6) is 2.49. The maximum Gasteiger partial charge on any atom is 0.161 e. The lowest BCUT2D eigenvalue weighted by atomic mass is 9.81. The third kappa shape index (κ3) is 4.37. The van der Waals surface area contributed by atoms with Gasteiger partial charge in [-0.25, -0.2) is 0 Å². The fraction of sp³-hybridized carbons (Fsp3) is 0.455. The van der Waals surface area contributed by atoms with E-state index >= 15 is 0 Å². The zero-order valence-corrected chi connectivity index (χ0v) is 16.6. The van der Waals surface area contributed by atoms with Gasteiger partial charge in [0.25, 0.3) is 0 Å². The summed E-state index contributed by atoms with van der Waals surface area (Å²) >= 11 is 0. The van der Waals surface area contributed by atoms with Gasteiger partial charge in [0.2, 0.25) is 0 Å². The molecule has 1 aromatic carbocycles. The summed E-state index contributed by atoms with van der Waals surface area (Å²) in [4.78, 5) is 4.26. The van der Waals surface area contributed by atoms with E-state index in [1.807, 2.05) is 18.2 Å². The molecule has 1 aliphatic rings. The quantitative estimate of drug-likeness (QED) is 0.759. The highest BCUT2D eigenvalue weighted by Gasteiger charge is 2.22. The number of pyridine rings is 1. The Morgan fingerprint density at radius 2 is 1.96 bits per heavy atom. The Balaban J connectivity index is 1.88. The summed E-state index contributed by atoms with van der Waals surface area (Å²) in [6.45, 7) is 1.58. The molecule has 0 bridgehead atoms. The first kappa shape index (κ1) is 20.0. The van der Waals surface area contributed by atoms with E-state index in [1.54, 1.807) is 26.6 Å². The minimum atomic E-state index is 0.540. The molecule has 0 amide bonds. The van der Waals surface area contributed by atoms with E-state index in [4.69, 9.17) is 15.2 Å². The van der Waals surface area contributed by atoms with Gasteiger partial charge in [0.15, 0.2) is 11.5 Å². The summed E-state index contributed by atoms with van der Waals surface area (Å²) in [5.41, 5.74) is 9.04. The van der Waals surface area contributed by atoms with Crippen LogP contribution in [0.5, 0.6) is 11.5 Å². The molecule has 0 unspecified atom stereocenters. The first-order chi connectivity index (χ1) is 13.7. The Labute approximate surface area is 166 Å². The average molecular weight is 380 g/mol. The van der Waals surface area contributed by atoms with Crippen LogP contribution in [0.2, 0.25) is 0 Å². The zero-order chi connectivity index (χ0) is 19.9. The Morgan fingerprint density at radius 3 is 2.68 bits per heavy atom. The van der Waals surface area contributed by atoms with Crippen LogP contribution in [-0.4, -0.2) is 32.3 Å². The van der Waals surface area contributed by atoms with E-state index in [-0.39, 0.29) is 0 Å². The maximum absolute atomic E-state index is 9.60. The summed E-state index contributed by atoms with van der Waals surface area (Å²) < 4.78 is 10.8. The lowest BCUT2D eigenvalue weighted by molar-refractivity contribution is 0.282. The molecule has 28 heavy (non-hydrogen) atoms. The van der Waals surface area contributed by atoms with E-state index in [0.29, 0.717) is 28.9 Å². The SMILES string of the molecule is COc1ccc(-c2cncc(C#N)c2NC[C@@H]2CCC[C@H](CN)C2)cc1OC. The van der Waals surface area contributed by atoms with Gasteiger partial charge in [-0.2, -0.15) is 5.26 Å². The Hall–Kier alpha value is -2.78. The third-order valence-electron chi connectivity index (χ3n) is 5.55. The van der Waals surface area contributed by atoms with E-state index < -0.39 is 0 Å². The molecule has 6 heteroatoms. The molecule has 1 aromatic heterocycles. The molecule has 0 saturated heterocycles. The second kappa shape index (κ2) is 9.43. The number of nitrogens with one attached hydrogen (secondary N) is 1. The molecule has 2 aromatic rings. The van der Waals surface area contributed by atoms with Gasteiger partial charge in [0, 0.05) is 24.5 Å². The lowest BCUT2D eigenvalue weighted by Crippen LogP contribution is -2.26. The van der Waals surface area contributed by atoms with Gasteiger partial charge >= 0.3 is 0 Å². The minimum absolute atomic E-state index is 0.540. The number of rotatable bonds is 7. The van der Waals surface area contributed by atoms with Crippen molar-refractivity contribution in [3.63, 3.8) is 0 Å². The van der Waals surface area contributed by atoms with Crippen LogP contribution in [0, 0.1) is 23.2 Å². The number of methoxy groups -OCH3 is 2. The number of benzene rings is 1. The van der Waals surface area contributed by atoms with Gasteiger partial charge < -0.3 is 20.5 Å². The van der Waals surface area contributed by atoms with Crippen molar-refractivity contribution in [2.45, 2.75) is 25.7 Å². The lowest BCUT2D eigenvalue weighted by Gasteiger charge is -2.29. The fourth-order valence-electron chi connectivity index (χ4n) is 4.01. The average Bonchev–Trinajstić information content (AvgIpc) is 2.76. The number of hydrogen-bond acceptors (Lipinski definition) is 6. The standard InChI is InChI=1S/C22H28N4O2/c1-27-20-7-6-17(9-21(20)28-2)19-14-25-13-18(11-24)22(19)26-12-16-5-3-4-15(8-16)10-23/h6-7,9,13-16H,3-5,8,10,12,23H2,1-2H3,(H,25,26)/t15-,16+/m0/s1. The monoisotopic (exact) mass is 380 g/mol. The molecule has 3 N–H and O–H groups in total. The number of nitriles is 1. The number of hydrogen-bond donors (Lipinski definition) is 2.